The molecule has 0 aliphatic carbocycles. The third kappa shape index (κ3) is 6.42. The van der Waals surface area contributed by atoms with Gasteiger partial charge in [-0.15, -0.1) is 0 Å². The summed E-state index contributed by atoms with van der Waals surface area (Å²) < 4.78 is 34.5. The van der Waals surface area contributed by atoms with Crippen LogP contribution in [-0.2, 0) is 16.2 Å². The molecule has 0 saturated carbocycles. The smallest absolute Gasteiger partial charge is 0.294 e. The standard InChI is InChI=1S/C25H16F2I2N2O4S/c26-16-5-3-6-17(11-16)30-22(32)12-31-24(33)21(36-25(31)34)10-14-8-19(28)23(20(29)9-14)35-13-15-4-1-2-7-18(15)27/h1-11H,12-13H2,(H,30,32)/b21-10+. The first-order chi connectivity index (χ1) is 17.2. The molecule has 6 nitrogen and oxygen atoms in total. The molecule has 0 aromatic heterocycles. The minimum absolute atomic E-state index is 0.0641. The minimum atomic E-state index is -0.621. The van der Waals surface area contributed by atoms with Gasteiger partial charge < -0.3 is 10.1 Å². The van der Waals surface area contributed by atoms with Gasteiger partial charge in [0.2, 0.25) is 5.91 Å². The van der Waals surface area contributed by atoms with Crippen molar-refractivity contribution in [2.24, 2.45) is 0 Å². The van der Waals surface area contributed by atoms with Crippen LogP contribution in [0.3, 0.4) is 0 Å². The molecule has 184 valence electrons. The monoisotopic (exact) mass is 732 g/mol. The zero-order chi connectivity index (χ0) is 25.8. The van der Waals surface area contributed by atoms with Gasteiger partial charge in [-0.3, -0.25) is 19.3 Å². The van der Waals surface area contributed by atoms with E-state index in [-0.39, 0.29) is 23.0 Å². The van der Waals surface area contributed by atoms with Crippen LogP contribution in [0.1, 0.15) is 11.1 Å². The SMILES string of the molecule is O=C(CN1C(=O)S/C(=C/c2cc(I)c(OCc3ccccc3F)c(I)c2)C1=O)Nc1cccc(F)c1. The Hall–Kier alpha value is -2.52. The Morgan fingerprint density at radius 3 is 2.44 bits per heavy atom. The van der Waals surface area contributed by atoms with Crippen molar-refractivity contribution in [1.82, 2.24) is 4.90 Å². The second kappa shape index (κ2) is 11.7. The van der Waals surface area contributed by atoms with Crippen LogP contribution in [0.15, 0.2) is 65.6 Å². The molecule has 1 fully saturated rings. The average Bonchev–Trinajstić information content (AvgIpc) is 3.07. The molecular weight excluding hydrogens is 716 g/mol. The van der Waals surface area contributed by atoms with Gasteiger partial charge in [0.05, 0.1) is 12.0 Å². The van der Waals surface area contributed by atoms with Gasteiger partial charge in [-0.1, -0.05) is 24.3 Å². The average molecular weight is 732 g/mol. The number of imide groups is 1. The fraction of sp³-hybridized carbons (Fsp3) is 0.0800. The predicted octanol–water partition coefficient (Wildman–Crippen LogP) is 6.43. The molecule has 3 aromatic rings. The van der Waals surface area contributed by atoms with E-state index in [0.29, 0.717) is 16.9 Å². The largest absolute Gasteiger partial charge is 0.487 e. The molecular formula is C25H16F2I2N2O4S. The maximum atomic E-state index is 13.9. The fourth-order valence-corrected chi connectivity index (χ4v) is 6.23. The molecule has 3 amide bonds. The number of carbonyl (C=O) groups excluding carboxylic acids is 3. The van der Waals surface area contributed by atoms with Gasteiger partial charge in [0.15, 0.2) is 0 Å². The molecule has 36 heavy (non-hydrogen) atoms. The van der Waals surface area contributed by atoms with E-state index in [1.807, 2.05) is 0 Å². The topological polar surface area (TPSA) is 75.7 Å². The van der Waals surface area contributed by atoms with Crippen molar-refractivity contribution in [3.63, 3.8) is 0 Å². The lowest BCUT2D eigenvalue weighted by atomic mass is 10.2. The Bertz CT molecular complexity index is 1380. The van der Waals surface area contributed by atoms with Crippen LogP contribution >= 0.6 is 56.9 Å². The maximum absolute atomic E-state index is 13.9. The number of thioether (sulfide) groups is 1. The third-order valence-corrected chi connectivity index (χ3v) is 7.44. The van der Waals surface area contributed by atoms with E-state index >= 15 is 0 Å². The summed E-state index contributed by atoms with van der Waals surface area (Å²) >= 11 is 4.91. The van der Waals surface area contributed by atoms with Crippen molar-refractivity contribution in [3.05, 3.63) is 95.5 Å². The van der Waals surface area contributed by atoms with Crippen LogP contribution in [0.25, 0.3) is 6.08 Å². The molecule has 11 heteroatoms. The minimum Gasteiger partial charge on any atom is -0.487 e. The molecule has 0 radical (unpaired) electrons. The Morgan fingerprint density at radius 1 is 1.03 bits per heavy atom. The molecule has 1 aliphatic heterocycles. The molecule has 1 aliphatic rings. The maximum Gasteiger partial charge on any atom is 0.294 e. The highest BCUT2D eigenvalue weighted by molar-refractivity contribution is 14.1. The lowest BCUT2D eigenvalue weighted by molar-refractivity contribution is -0.127. The summed E-state index contributed by atoms with van der Waals surface area (Å²) in [7, 11) is 0. The van der Waals surface area contributed by atoms with Gasteiger partial charge in [-0.25, -0.2) is 8.78 Å². The molecule has 0 atom stereocenters. The van der Waals surface area contributed by atoms with Crippen molar-refractivity contribution >= 4 is 85.8 Å². The van der Waals surface area contributed by atoms with E-state index in [9.17, 15) is 23.2 Å². The first-order valence-corrected chi connectivity index (χ1v) is 13.3. The highest BCUT2D eigenvalue weighted by Gasteiger charge is 2.36. The van der Waals surface area contributed by atoms with Crippen LogP contribution in [-0.4, -0.2) is 28.5 Å². The second-order valence-corrected chi connectivity index (χ2v) is 10.8. The van der Waals surface area contributed by atoms with Crippen molar-refractivity contribution in [3.8, 4) is 5.75 Å². The third-order valence-electron chi connectivity index (χ3n) is 4.93. The van der Waals surface area contributed by atoms with Crippen LogP contribution in [0.5, 0.6) is 5.75 Å². The van der Waals surface area contributed by atoms with Gasteiger partial charge >= 0.3 is 0 Å². The quantitative estimate of drug-likeness (QED) is 0.224. The van der Waals surface area contributed by atoms with Crippen molar-refractivity contribution in [1.29, 1.82) is 0 Å². The summed E-state index contributed by atoms with van der Waals surface area (Å²) in [5.74, 6) is -1.50. The number of rotatable bonds is 7. The van der Waals surface area contributed by atoms with E-state index in [2.05, 4.69) is 50.5 Å². The lowest BCUT2D eigenvalue weighted by Crippen LogP contribution is -2.36. The van der Waals surface area contributed by atoms with Crippen LogP contribution in [0, 0.1) is 18.8 Å². The number of hydrogen-bond acceptors (Lipinski definition) is 5. The molecule has 1 saturated heterocycles. The normalized spacial score (nSPS) is 14.4. The number of benzene rings is 3. The molecule has 1 heterocycles. The summed E-state index contributed by atoms with van der Waals surface area (Å²) in [6, 6.07) is 15.2. The van der Waals surface area contributed by atoms with Crippen LogP contribution in [0.4, 0.5) is 19.3 Å². The molecule has 0 unspecified atom stereocenters. The number of nitrogens with one attached hydrogen (secondary N) is 1. The second-order valence-electron chi connectivity index (χ2n) is 7.52. The zero-order valence-corrected chi connectivity index (χ0v) is 23.4. The first-order valence-electron chi connectivity index (χ1n) is 10.4. The molecule has 4 rings (SSSR count). The Balaban J connectivity index is 1.44. The zero-order valence-electron chi connectivity index (χ0n) is 18.3. The Kier molecular flexibility index (Phi) is 8.62. The van der Waals surface area contributed by atoms with Crippen LogP contribution in [0.2, 0.25) is 0 Å². The first kappa shape index (κ1) is 26.5. The number of anilines is 1. The fourth-order valence-electron chi connectivity index (χ4n) is 3.26. The van der Waals surface area contributed by atoms with Gasteiger partial charge in [-0.2, -0.15) is 0 Å². The van der Waals surface area contributed by atoms with Gasteiger partial charge in [0, 0.05) is 11.3 Å². The number of nitrogens with zero attached hydrogens (tertiary/aromatic N) is 1. The number of amides is 3. The van der Waals surface area contributed by atoms with Crippen molar-refractivity contribution in [2.45, 2.75) is 6.61 Å². The Morgan fingerprint density at radius 2 is 1.75 bits per heavy atom. The summed E-state index contributed by atoms with van der Waals surface area (Å²) in [6.45, 7) is -0.426. The number of halogens is 4. The van der Waals surface area contributed by atoms with E-state index < -0.39 is 29.4 Å². The lowest BCUT2D eigenvalue weighted by Gasteiger charge is -2.13. The van der Waals surface area contributed by atoms with E-state index in [4.69, 9.17) is 4.74 Å². The highest BCUT2D eigenvalue weighted by atomic mass is 127. The van der Waals surface area contributed by atoms with E-state index in [0.717, 1.165) is 29.9 Å². The molecule has 0 bridgehead atoms. The molecule has 3 aromatic carbocycles. The highest BCUT2D eigenvalue weighted by Crippen LogP contribution is 2.35. The molecule has 1 N–H and O–H groups in total. The number of hydrogen-bond donors (Lipinski definition) is 1. The predicted molar refractivity (Wildman–Crippen MR) is 150 cm³/mol. The summed E-state index contributed by atoms with van der Waals surface area (Å²) in [6.07, 6.45) is 1.57. The van der Waals surface area contributed by atoms with E-state index in [1.54, 1.807) is 36.4 Å². The molecule has 0 spiro atoms. The van der Waals surface area contributed by atoms with Crippen molar-refractivity contribution < 1.29 is 27.9 Å². The summed E-state index contributed by atoms with van der Waals surface area (Å²) in [5.41, 5.74) is 1.32. The van der Waals surface area contributed by atoms with Gasteiger partial charge in [0.1, 0.15) is 30.5 Å². The van der Waals surface area contributed by atoms with E-state index in [1.165, 1.54) is 24.3 Å². The van der Waals surface area contributed by atoms with Gasteiger partial charge in [0.25, 0.3) is 11.1 Å². The van der Waals surface area contributed by atoms with Crippen molar-refractivity contribution in [2.75, 3.05) is 11.9 Å². The summed E-state index contributed by atoms with van der Waals surface area (Å²) in [4.78, 5) is 38.5. The summed E-state index contributed by atoms with van der Waals surface area (Å²) in [5, 5.41) is 1.90. The number of carbonyl (C=O) groups is 3. The Labute approximate surface area is 236 Å². The van der Waals surface area contributed by atoms with Gasteiger partial charge in [-0.05, 0) is 105 Å². The van der Waals surface area contributed by atoms with Crippen LogP contribution < -0.4 is 10.1 Å². The number of ether oxygens (including phenoxy) is 1.